The molecule has 1 aromatic rings. The number of rotatable bonds is 5. The minimum Gasteiger partial charge on any atom is -0.396 e. The lowest BCUT2D eigenvalue weighted by Crippen LogP contribution is -2.21. The predicted octanol–water partition coefficient (Wildman–Crippen LogP) is 4.67. The quantitative estimate of drug-likeness (QED) is 0.450. The fourth-order valence-electron chi connectivity index (χ4n) is 1.61. The molecular formula is C14H15Br2FN2. The van der Waals surface area contributed by atoms with Crippen molar-refractivity contribution >= 4 is 43.2 Å². The van der Waals surface area contributed by atoms with Crippen molar-refractivity contribution in [1.29, 1.82) is 0 Å². The van der Waals surface area contributed by atoms with Gasteiger partial charge in [0.25, 0.3) is 0 Å². The molecule has 0 fully saturated rings. The zero-order chi connectivity index (χ0) is 14.6. The van der Waals surface area contributed by atoms with Gasteiger partial charge in [-0.1, -0.05) is 31.4 Å². The van der Waals surface area contributed by atoms with Crippen LogP contribution in [-0.4, -0.2) is 13.6 Å². The van der Waals surface area contributed by atoms with E-state index in [1.54, 1.807) is 18.2 Å². The Morgan fingerprint density at radius 1 is 1.47 bits per heavy atom. The van der Waals surface area contributed by atoms with E-state index in [-0.39, 0.29) is 4.47 Å². The number of nitrogen functional groups attached to an aromatic ring is 1. The Hall–Kier alpha value is -1.07. The van der Waals surface area contributed by atoms with Gasteiger partial charge in [0.05, 0.1) is 20.3 Å². The van der Waals surface area contributed by atoms with Crippen molar-refractivity contribution in [2.45, 2.75) is 0 Å². The molecule has 0 amide bonds. The van der Waals surface area contributed by atoms with Crippen molar-refractivity contribution in [2.24, 2.45) is 0 Å². The number of allylic oxidation sites excluding steroid dienone is 2. The highest BCUT2D eigenvalue weighted by molar-refractivity contribution is 9.11. The van der Waals surface area contributed by atoms with E-state index < -0.39 is 5.82 Å². The average molecular weight is 390 g/mol. The summed E-state index contributed by atoms with van der Waals surface area (Å²) < 4.78 is 14.3. The van der Waals surface area contributed by atoms with Gasteiger partial charge in [-0.3, -0.25) is 0 Å². The van der Waals surface area contributed by atoms with Crippen molar-refractivity contribution in [3.63, 3.8) is 0 Å². The van der Waals surface area contributed by atoms with E-state index in [0.717, 1.165) is 11.3 Å². The Balaban J connectivity index is 3.13. The van der Waals surface area contributed by atoms with Crippen LogP contribution in [0.4, 0.5) is 15.8 Å². The van der Waals surface area contributed by atoms with Crippen molar-refractivity contribution in [2.75, 3.05) is 24.2 Å². The lowest BCUT2D eigenvalue weighted by molar-refractivity contribution is 0.615. The van der Waals surface area contributed by atoms with Gasteiger partial charge in [0.2, 0.25) is 0 Å². The molecule has 1 aromatic carbocycles. The summed E-state index contributed by atoms with van der Waals surface area (Å²) in [5.41, 5.74) is 8.02. The Bertz CT molecular complexity index is 539. The molecule has 0 bridgehead atoms. The SMILES string of the molecule is C=C/C=C(\C=C)CN(C)c1cc(Br)c(F)c(Br)c1N. The van der Waals surface area contributed by atoms with Gasteiger partial charge >= 0.3 is 0 Å². The standard InChI is InChI=1S/C14H15Br2FN2/c1-4-6-9(5-2)8-19(3)11-7-10(15)13(17)12(16)14(11)18/h4-7H,1-2,8,18H2,3H3/b9-6+. The second-order valence-electron chi connectivity index (χ2n) is 3.96. The fourth-order valence-corrected chi connectivity index (χ4v) is 2.71. The van der Waals surface area contributed by atoms with Crippen molar-refractivity contribution in [3.8, 4) is 0 Å². The van der Waals surface area contributed by atoms with E-state index in [1.807, 2.05) is 18.0 Å². The molecule has 0 atom stereocenters. The lowest BCUT2D eigenvalue weighted by atomic mass is 10.2. The molecule has 0 radical (unpaired) electrons. The van der Waals surface area contributed by atoms with Crippen LogP contribution in [0.2, 0.25) is 0 Å². The van der Waals surface area contributed by atoms with Gasteiger partial charge in [-0.05, 0) is 43.5 Å². The lowest BCUT2D eigenvalue weighted by Gasteiger charge is -2.23. The smallest absolute Gasteiger partial charge is 0.153 e. The summed E-state index contributed by atoms with van der Waals surface area (Å²) in [4.78, 5) is 1.92. The van der Waals surface area contributed by atoms with Crippen molar-refractivity contribution < 1.29 is 4.39 Å². The zero-order valence-electron chi connectivity index (χ0n) is 10.6. The molecule has 0 aliphatic carbocycles. The van der Waals surface area contributed by atoms with Crippen LogP contribution >= 0.6 is 31.9 Å². The summed E-state index contributed by atoms with van der Waals surface area (Å²) in [6.07, 6.45) is 5.32. The molecule has 0 aliphatic rings. The van der Waals surface area contributed by atoms with Gasteiger partial charge in [-0.15, -0.1) is 0 Å². The van der Waals surface area contributed by atoms with Gasteiger partial charge in [-0.25, -0.2) is 4.39 Å². The first-order valence-electron chi connectivity index (χ1n) is 5.50. The molecule has 19 heavy (non-hydrogen) atoms. The summed E-state index contributed by atoms with van der Waals surface area (Å²) in [7, 11) is 1.88. The molecule has 2 nitrogen and oxygen atoms in total. The highest BCUT2D eigenvalue weighted by Gasteiger charge is 2.15. The normalized spacial score (nSPS) is 11.3. The Morgan fingerprint density at radius 3 is 2.63 bits per heavy atom. The van der Waals surface area contributed by atoms with E-state index in [2.05, 4.69) is 45.0 Å². The third kappa shape index (κ3) is 3.70. The molecule has 0 unspecified atom stereocenters. The van der Waals surface area contributed by atoms with Crippen LogP contribution in [0, 0.1) is 5.82 Å². The van der Waals surface area contributed by atoms with Crippen LogP contribution < -0.4 is 10.6 Å². The summed E-state index contributed by atoms with van der Waals surface area (Å²) in [6, 6.07) is 1.66. The first-order valence-corrected chi connectivity index (χ1v) is 7.09. The second kappa shape index (κ2) is 6.91. The van der Waals surface area contributed by atoms with Crippen LogP contribution in [0.25, 0.3) is 0 Å². The van der Waals surface area contributed by atoms with Crippen LogP contribution in [0.15, 0.2) is 52.0 Å². The minimum atomic E-state index is -0.403. The minimum absolute atomic E-state index is 0.261. The van der Waals surface area contributed by atoms with Gasteiger partial charge in [0.1, 0.15) is 0 Å². The number of benzene rings is 1. The molecule has 5 heteroatoms. The molecule has 0 aromatic heterocycles. The Kier molecular flexibility index (Phi) is 5.82. The van der Waals surface area contributed by atoms with E-state index in [4.69, 9.17) is 5.73 Å². The van der Waals surface area contributed by atoms with E-state index >= 15 is 0 Å². The highest BCUT2D eigenvalue weighted by atomic mass is 79.9. The monoisotopic (exact) mass is 388 g/mol. The maximum Gasteiger partial charge on any atom is 0.153 e. The summed E-state index contributed by atoms with van der Waals surface area (Å²) >= 11 is 6.33. The molecule has 0 spiro atoms. The van der Waals surface area contributed by atoms with Crippen LogP contribution in [-0.2, 0) is 0 Å². The largest absolute Gasteiger partial charge is 0.396 e. The van der Waals surface area contributed by atoms with Gasteiger partial charge in [0.15, 0.2) is 5.82 Å². The topological polar surface area (TPSA) is 29.3 Å². The summed E-state index contributed by atoms with van der Waals surface area (Å²) in [6.45, 7) is 8.00. The highest BCUT2D eigenvalue weighted by Crippen LogP contribution is 2.37. The predicted molar refractivity (Wildman–Crippen MR) is 88.0 cm³/mol. The first-order chi connectivity index (χ1) is 8.92. The number of hydrogen-bond acceptors (Lipinski definition) is 2. The maximum atomic E-state index is 13.7. The third-order valence-electron chi connectivity index (χ3n) is 2.60. The molecule has 0 aliphatic heterocycles. The number of likely N-dealkylation sites (N-methyl/N-ethyl adjacent to an activating group) is 1. The second-order valence-corrected chi connectivity index (χ2v) is 5.60. The van der Waals surface area contributed by atoms with Gasteiger partial charge in [0, 0.05) is 13.6 Å². The maximum absolute atomic E-state index is 13.7. The Morgan fingerprint density at radius 2 is 2.11 bits per heavy atom. The van der Waals surface area contributed by atoms with Crippen molar-refractivity contribution in [1.82, 2.24) is 0 Å². The summed E-state index contributed by atoms with van der Waals surface area (Å²) in [5.74, 6) is -0.403. The van der Waals surface area contributed by atoms with Crippen LogP contribution in [0.3, 0.4) is 0 Å². The number of anilines is 2. The number of halogens is 3. The molecule has 1 rings (SSSR count). The van der Waals surface area contributed by atoms with E-state index in [9.17, 15) is 4.39 Å². The Labute approximate surface area is 129 Å². The molecule has 2 N–H and O–H groups in total. The zero-order valence-corrected chi connectivity index (χ0v) is 13.8. The molecular weight excluding hydrogens is 375 g/mol. The van der Waals surface area contributed by atoms with E-state index in [0.29, 0.717) is 16.7 Å². The average Bonchev–Trinajstić information content (AvgIpc) is 2.39. The molecule has 102 valence electrons. The first kappa shape index (κ1) is 16.0. The van der Waals surface area contributed by atoms with Gasteiger partial charge in [-0.2, -0.15) is 0 Å². The third-order valence-corrected chi connectivity index (χ3v) is 3.96. The van der Waals surface area contributed by atoms with Crippen molar-refractivity contribution in [3.05, 3.63) is 57.8 Å². The summed E-state index contributed by atoms with van der Waals surface area (Å²) in [5, 5.41) is 0. The van der Waals surface area contributed by atoms with E-state index in [1.165, 1.54) is 0 Å². The number of nitrogens with two attached hydrogens (primary N) is 1. The van der Waals surface area contributed by atoms with Crippen LogP contribution in [0.1, 0.15) is 0 Å². The van der Waals surface area contributed by atoms with Gasteiger partial charge < -0.3 is 10.6 Å². The fraction of sp³-hybridized carbons (Fsp3) is 0.143. The van der Waals surface area contributed by atoms with Crippen LogP contribution in [0.5, 0.6) is 0 Å². The molecule has 0 heterocycles. The molecule has 0 saturated heterocycles. The molecule has 0 saturated carbocycles. The number of nitrogens with zero attached hydrogens (tertiary/aromatic N) is 1. The number of hydrogen-bond donors (Lipinski definition) is 1.